The minimum absolute atomic E-state index is 0.0814. The minimum atomic E-state index is -0.783. The van der Waals surface area contributed by atoms with E-state index in [1.165, 1.54) is 18.2 Å². The topological polar surface area (TPSA) is 103 Å². The molecule has 0 saturated heterocycles. The first-order chi connectivity index (χ1) is 13.0. The molecule has 2 rings (SSSR count). The Bertz CT molecular complexity index is 749. The molecule has 0 unspecified atom stereocenters. The Balaban J connectivity index is 2.03. The Kier molecular flexibility index (Phi) is 7.16. The molecule has 0 bridgehead atoms. The van der Waals surface area contributed by atoms with E-state index in [1.54, 1.807) is 19.9 Å². The molecule has 0 spiro atoms. The second-order valence-corrected chi connectivity index (χ2v) is 5.55. The van der Waals surface area contributed by atoms with Gasteiger partial charge in [0.25, 0.3) is 0 Å². The van der Waals surface area contributed by atoms with Crippen LogP contribution < -0.4 is 15.4 Å². The van der Waals surface area contributed by atoms with Gasteiger partial charge in [0.2, 0.25) is 0 Å². The predicted octanol–water partition coefficient (Wildman–Crippen LogP) is 1.66. The fourth-order valence-electron chi connectivity index (χ4n) is 2.47. The molecule has 9 heteroatoms. The molecule has 1 aliphatic heterocycles. The molecular weight excluding hydrogens is 359 g/mol. The normalized spacial score (nSPS) is 16.3. The summed E-state index contributed by atoms with van der Waals surface area (Å²) in [7, 11) is 0. The van der Waals surface area contributed by atoms with Gasteiger partial charge in [-0.2, -0.15) is 0 Å². The quantitative estimate of drug-likeness (QED) is 0.665. The van der Waals surface area contributed by atoms with E-state index in [2.05, 4.69) is 10.6 Å². The van der Waals surface area contributed by atoms with Crippen LogP contribution in [0.15, 0.2) is 35.5 Å². The van der Waals surface area contributed by atoms with Crippen LogP contribution in [0.2, 0.25) is 0 Å². The molecule has 0 aliphatic carbocycles. The lowest BCUT2D eigenvalue weighted by atomic mass is 10.0. The van der Waals surface area contributed by atoms with E-state index in [0.29, 0.717) is 6.42 Å². The zero-order valence-electron chi connectivity index (χ0n) is 15.0. The number of rotatable bonds is 8. The Hall–Kier alpha value is -3.10. The maximum atomic E-state index is 13.5. The largest absolute Gasteiger partial charge is 0.479 e. The van der Waals surface area contributed by atoms with E-state index in [9.17, 15) is 18.8 Å². The average Bonchev–Trinajstić information content (AvgIpc) is 2.65. The van der Waals surface area contributed by atoms with Crippen molar-refractivity contribution in [3.8, 4) is 5.75 Å². The Morgan fingerprint density at radius 3 is 2.59 bits per heavy atom. The molecule has 0 aromatic heterocycles. The second-order valence-electron chi connectivity index (χ2n) is 5.55. The van der Waals surface area contributed by atoms with Crippen molar-refractivity contribution >= 4 is 18.0 Å². The van der Waals surface area contributed by atoms with Crippen LogP contribution in [0.5, 0.6) is 5.75 Å². The van der Waals surface area contributed by atoms with Crippen molar-refractivity contribution < 1.29 is 33.0 Å². The molecular formula is C18H21FN2O6. The highest BCUT2D eigenvalue weighted by atomic mass is 19.1. The first-order valence-corrected chi connectivity index (χ1v) is 8.46. The average molecular weight is 380 g/mol. The van der Waals surface area contributed by atoms with Gasteiger partial charge in [0.05, 0.1) is 23.9 Å². The molecule has 1 heterocycles. The number of esters is 2. The lowest BCUT2D eigenvalue weighted by molar-refractivity contribution is -0.145. The highest BCUT2D eigenvalue weighted by Crippen LogP contribution is 2.18. The van der Waals surface area contributed by atoms with E-state index in [0.717, 1.165) is 0 Å². The summed E-state index contributed by atoms with van der Waals surface area (Å²) in [6.45, 7) is 2.75. The lowest BCUT2D eigenvalue weighted by Crippen LogP contribution is -2.51. The fraction of sp³-hybridized carbons (Fsp3) is 0.389. The molecule has 1 aromatic rings. The smallest absolute Gasteiger partial charge is 0.344 e. The van der Waals surface area contributed by atoms with Crippen LogP contribution in [0.3, 0.4) is 0 Å². The summed E-state index contributed by atoms with van der Waals surface area (Å²) in [6, 6.07) is 4.57. The maximum Gasteiger partial charge on any atom is 0.344 e. The van der Waals surface area contributed by atoms with E-state index in [1.807, 2.05) is 0 Å². The molecule has 1 aliphatic rings. The zero-order chi connectivity index (χ0) is 19.8. The summed E-state index contributed by atoms with van der Waals surface area (Å²) in [5.74, 6) is -2.07. The summed E-state index contributed by atoms with van der Waals surface area (Å²) in [5, 5.41) is 5.07. The number of nitrogens with one attached hydrogen (secondary N) is 2. The van der Waals surface area contributed by atoms with Crippen molar-refractivity contribution in [2.45, 2.75) is 26.3 Å². The van der Waals surface area contributed by atoms with Gasteiger partial charge in [-0.05, 0) is 25.5 Å². The van der Waals surface area contributed by atoms with Gasteiger partial charge in [0.1, 0.15) is 6.61 Å². The highest BCUT2D eigenvalue weighted by molar-refractivity contribution is 5.94. The standard InChI is InChI=1S/C18H21FN2O6/c1-3-12-16(17(23)25-4-2)13(21-18(24)20-12)9-27-15(22)10-26-14-8-6-5-7-11(14)19/h5-8,12H,3-4,9-10H2,1-2H3,(H2,20,21,24)/t12-/m0/s1. The SMILES string of the molecule is CCOC(=O)C1=C(COC(=O)COc2ccccc2F)NC(=O)N[C@H]1CC. The number of amides is 2. The van der Waals surface area contributed by atoms with Gasteiger partial charge in [-0.15, -0.1) is 0 Å². The molecule has 0 radical (unpaired) electrons. The molecule has 2 amide bonds. The summed E-state index contributed by atoms with van der Waals surface area (Å²) < 4.78 is 28.6. The molecule has 1 aromatic carbocycles. The molecule has 27 heavy (non-hydrogen) atoms. The summed E-state index contributed by atoms with van der Waals surface area (Å²) in [4.78, 5) is 35.8. The Morgan fingerprint density at radius 2 is 1.93 bits per heavy atom. The third kappa shape index (κ3) is 5.44. The van der Waals surface area contributed by atoms with Gasteiger partial charge in [0, 0.05) is 0 Å². The third-order valence-corrected chi connectivity index (χ3v) is 3.71. The van der Waals surface area contributed by atoms with E-state index in [-0.39, 0.29) is 30.2 Å². The van der Waals surface area contributed by atoms with Crippen LogP contribution in [-0.2, 0) is 19.1 Å². The number of carbonyl (C=O) groups excluding carboxylic acids is 3. The van der Waals surface area contributed by atoms with Crippen LogP contribution in [0.25, 0.3) is 0 Å². The van der Waals surface area contributed by atoms with Crippen molar-refractivity contribution in [3.63, 3.8) is 0 Å². The van der Waals surface area contributed by atoms with E-state index >= 15 is 0 Å². The number of para-hydroxylation sites is 1. The zero-order valence-corrected chi connectivity index (χ0v) is 15.0. The highest BCUT2D eigenvalue weighted by Gasteiger charge is 2.32. The first-order valence-electron chi connectivity index (χ1n) is 8.46. The summed E-state index contributed by atoms with van der Waals surface area (Å²) >= 11 is 0. The lowest BCUT2D eigenvalue weighted by Gasteiger charge is -2.28. The minimum Gasteiger partial charge on any atom is -0.479 e. The molecule has 146 valence electrons. The van der Waals surface area contributed by atoms with Gasteiger partial charge >= 0.3 is 18.0 Å². The number of hydrogen-bond acceptors (Lipinski definition) is 6. The number of hydrogen-bond donors (Lipinski definition) is 2. The number of urea groups is 1. The number of benzene rings is 1. The molecule has 0 fully saturated rings. The van der Waals surface area contributed by atoms with Crippen LogP contribution in [0.1, 0.15) is 20.3 Å². The van der Waals surface area contributed by atoms with Gasteiger partial charge in [-0.3, -0.25) is 0 Å². The van der Waals surface area contributed by atoms with Crippen LogP contribution in [0.4, 0.5) is 9.18 Å². The second kappa shape index (κ2) is 9.56. The van der Waals surface area contributed by atoms with Crippen LogP contribution >= 0.6 is 0 Å². The molecule has 1 atom stereocenters. The van der Waals surface area contributed by atoms with E-state index < -0.39 is 36.4 Å². The van der Waals surface area contributed by atoms with Crippen molar-refractivity contribution in [2.24, 2.45) is 0 Å². The number of carbonyl (C=O) groups is 3. The molecule has 8 nitrogen and oxygen atoms in total. The van der Waals surface area contributed by atoms with Crippen molar-refractivity contribution in [1.82, 2.24) is 10.6 Å². The molecule has 0 saturated carbocycles. The monoisotopic (exact) mass is 380 g/mol. The predicted molar refractivity (Wildman–Crippen MR) is 92.3 cm³/mol. The van der Waals surface area contributed by atoms with E-state index in [4.69, 9.17) is 14.2 Å². The third-order valence-electron chi connectivity index (χ3n) is 3.71. The first kappa shape index (κ1) is 20.2. The fourth-order valence-corrected chi connectivity index (χ4v) is 2.47. The number of ether oxygens (including phenoxy) is 3. The van der Waals surface area contributed by atoms with Gasteiger partial charge in [-0.25, -0.2) is 18.8 Å². The van der Waals surface area contributed by atoms with Crippen LogP contribution in [-0.4, -0.2) is 43.8 Å². The van der Waals surface area contributed by atoms with Gasteiger partial charge in [-0.1, -0.05) is 19.1 Å². The molecule has 2 N–H and O–H groups in total. The van der Waals surface area contributed by atoms with Gasteiger partial charge in [0.15, 0.2) is 18.2 Å². The van der Waals surface area contributed by atoms with Crippen molar-refractivity contribution in [3.05, 3.63) is 41.4 Å². The maximum absolute atomic E-state index is 13.5. The summed E-state index contributed by atoms with van der Waals surface area (Å²) in [5.41, 5.74) is 0.338. The van der Waals surface area contributed by atoms with Gasteiger partial charge < -0.3 is 24.8 Å². The van der Waals surface area contributed by atoms with Crippen molar-refractivity contribution in [2.75, 3.05) is 19.8 Å². The Morgan fingerprint density at radius 1 is 1.19 bits per heavy atom. The summed E-state index contributed by atoms with van der Waals surface area (Å²) in [6.07, 6.45) is 0.454. The number of halogens is 1. The Labute approximate surface area is 155 Å². The van der Waals surface area contributed by atoms with Crippen LogP contribution in [0, 0.1) is 5.82 Å². The van der Waals surface area contributed by atoms with Crippen molar-refractivity contribution in [1.29, 1.82) is 0 Å².